The molecule has 1 aromatic carbocycles. The summed E-state index contributed by atoms with van der Waals surface area (Å²) < 4.78 is 0.808. The summed E-state index contributed by atoms with van der Waals surface area (Å²) in [7, 11) is 0. The second kappa shape index (κ2) is 5.96. The first kappa shape index (κ1) is 17.5. The van der Waals surface area contributed by atoms with Crippen molar-refractivity contribution in [2.24, 2.45) is 0 Å². The van der Waals surface area contributed by atoms with Crippen LogP contribution in [-0.2, 0) is 15.1 Å². The minimum absolute atomic E-state index is 0.300. The SMILES string of the molecule is CC(C)(C)NC(=O)CN1C(=O)N[C@@](C)(c2cccc(Br)c2)C1=O. The van der Waals surface area contributed by atoms with Crippen molar-refractivity contribution < 1.29 is 14.4 Å². The van der Waals surface area contributed by atoms with Crippen LogP contribution in [-0.4, -0.2) is 34.8 Å². The molecular weight excluding hydrogens is 362 g/mol. The first-order valence-corrected chi connectivity index (χ1v) is 8.03. The number of nitrogens with zero attached hydrogens (tertiary/aromatic N) is 1. The number of amides is 4. The van der Waals surface area contributed by atoms with Crippen molar-refractivity contribution in [2.45, 2.75) is 38.8 Å². The van der Waals surface area contributed by atoms with Crippen LogP contribution < -0.4 is 10.6 Å². The average molecular weight is 382 g/mol. The van der Waals surface area contributed by atoms with Crippen LogP contribution in [0.3, 0.4) is 0 Å². The summed E-state index contributed by atoms with van der Waals surface area (Å²) in [6.45, 7) is 6.84. The van der Waals surface area contributed by atoms with Crippen LogP contribution in [0.1, 0.15) is 33.3 Å². The lowest BCUT2D eigenvalue weighted by Crippen LogP contribution is -2.48. The standard InChI is InChI=1S/C16H20BrN3O3/c1-15(2,3)18-12(21)9-20-13(22)16(4,19-14(20)23)10-6-5-7-11(17)8-10/h5-8H,9H2,1-4H3,(H,18,21)(H,19,23)/t16-/m0/s1. The lowest BCUT2D eigenvalue weighted by Gasteiger charge is -2.24. The van der Waals surface area contributed by atoms with E-state index in [1.807, 2.05) is 26.8 Å². The van der Waals surface area contributed by atoms with Crippen molar-refractivity contribution in [3.8, 4) is 0 Å². The number of urea groups is 1. The van der Waals surface area contributed by atoms with Gasteiger partial charge in [-0.2, -0.15) is 0 Å². The predicted octanol–water partition coefficient (Wildman–Crippen LogP) is 2.13. The molecule has 2 rings (SSSR count). The van der Waals surface area contributed by atoms with E-state index in [-0.39, 0.29) is 12.5 Å². The summed E-state index contributed by atoms with van der Waals surface area (Å²) in [6, 6.07) is 6.60. The molecule has 23 heavy (non-hydrogen) atoms. The molecule has 0 aliphatic carbocycles. The third-order valence-electron chi connectivity index (χ3n) is 3.49. The van der Waals surface area contributed by atoms with Crippen molar-refractivity contribution >= 4 is 33.8 Å². The first-order valence-electron chi connectivity index (χ1n) is 7.24. The lowest BCUT2D eigenvalue weighted by molar-refractivity contribution is -0.135. The largest absolute Gasteiger partial charge is 0.350 e. The molecule has 1 heterocycles. The number of imide groups is 1. The molecule has 4 amide bonds. The molecule has 1 aromatic rings. The third-order valence-corrected chi connectivity index (χ3v) is 3.99. The maximum Gasteiger partial charge on any atom is 0.325 e. The van der Waals surface area contributed by atoms with Gasteiger partial charge in [0.2, 0.25) is 5.91 Å². The lowest BCUT2D eigenvalue weighted by atomic mass is 9.92. The van der Waals surface area contributed by atoms with Crippen molar-refractivity contribution in [1.82, 2.24) is 15.5 Å². The van der Waals surface area contributed by atoms with E-state index in [2.05, 4.69) is 26.6 Å². The molecule has 6 nitrogen and oxygen atoms in total. The molecule has 1 atom stereocenters. The highest BCUT2D eigenvalue weighted by molar-refractivity contribution is 9.10. The van der Waals surface area contributed by atoms with Crippen LogP contribution in [0.5, 0.6) is 0 Å². The van der Waals surface area contributed by atoms with E-state index >= 15 is 0 Å². The predicted molar refractivity (Wildman–Crippen MR) is 89.6 cm³/mol. The number of carbonyl (C=O) groups excluding carboxylic acids is 3. The number of nitrogens with one attached hydrogen (secondary N) is 2. The van der Waals surface area contributed by atoms with Gasteiger partial charge in [-0.3, -0.25) is 14.5 Å². The second-order valence-corrected chi connectivity index (χ2v) is 7.67. The Hall–Kier alpha value is -1.89. The molecule has 0 spiro atoms. The molecule has 0 unspecified atom stereocenters. The van der Waals surface area contributed by atoms with E-state index in [1.165, 1.54) is 0 Å². The smallest absolute Gasteiger partial charge is 0.325 e. The Labute approximate surface area is 143 Å². The second-order valence-electron chi connectivity index (χ2n) is 6.75. The maximum absolute atomic E-state index is 12.7. The summed E-state index contributed by atoms with van der Waals surface area (Å²) in [5, 5.41) is 5.42. The molecule has 2 N–H and O–H groups in total. The van der Waals surface area contributed by atoms with E-state index < -0.39 is 23.0 Å². The molecule has 7 heteroatoms. The highest BCUT2D eigenvalue weighted by Crippen LogP contribution is 2.30. The van der Waals surface area contributed by atoms with Gasteiger partial charge in [-0.05, 0) is 45.4 Å². The summed E-state index contributed by atoms with van der Waals surface area (Å²) in [6.07, 6.45) is 0. The van der Waals surface area contributed by atoms with Crippen molar-refractivity contribution in [3.63, 3.8) is 0 Å². The van der Waals surface area contributed by atoms with Crippen LogP contribution in [0.25, 0.3) is 0 Å². The Kier molecular flexibility index (Phi) is 4.52. The van der Waals surface area contributed by atoms with Crippen LogP contribution in [0, 0.1) is 0 Å². The number of hydrogen-bond donors (Lipinski definition) is 2. The molecule has 0 aromatic heterocycles. The maximum atomic E-state index is 12.7. The number of benzene rings is 1. The number of hydrogen-bond acceptors (Lipinski definition) is 3. The highest BCUT2D eigenvalue weighted by Gasteiger charge is 2.49. The van der Waals surface area contributed by atoms with Crippen molar-refractivity contribution in [1.29, 1.82) is 0 Å². The van der Waals surface area contributed by atoms with Gasteiger partial charge in [-0.1, -0.05) is 28.1 Å². The number of carbonyl (C=O) groups is 3. The van der Waals surface area contributed by atoms with Gasteiger partial charge < -0.3 is 10.6 Å². The van der Waals surface area contributed by atoms with E-state index in [0.29, 0.717) is 5.56 Å². The molecule has 1 saturated heterocycles. The fourth-order valence-corrected chi connectivity index (χ4v) is 2.84. The fraction of sp³-hybridized carbons (Fsp3) is 0.438. The van der Waals surface area contributed by atoms with Gasteiger partial charge in [0, 0.05) is 10.0 Å². The van der Waals surface area contributed by atoms with Crippen LogP contribution >= 0.6 is 15.9 Å². The molecule has 0 bridgehead atoms. The van der Waals surface area contributed by atoms with Crippen molar-refractivity contribution in [2.75, 3.05) is 6.54 Å². The van der Waals surface area contributed by atoms with Crippen LogP contribution in [0.15, 0.2) is 28.7 Å². The minimum atomic E-state index is -1.18. The fourth-order valence-electron chi connectivity index (χ4n) is 2.44. The molecular formula is C16H20BrN3O3. The Balaban J connectivity index is 2.21. The zero-order chi connectivity index (χ0) is 17.4. The third kappa shape index (κ3) is 3.72. The van der Waals surface area contributed by atoms with Crippen molar-refractivity contribution in [3.05, 3.63) is 34.3 Å². The minimum Gasteiger partial charge on any atom is -0.350 e. The molecule has 1 aliphatic rings. The van der Waals surface area contributed by atoms with Crippen LogP contribution in [0.2, 0.25) is 0 Å². The Bertz CT molecular complexity index is 669. The average Bonchev–Trinajstić information content (AvgIpc) is 2.61. The van der Waals surface area contributed by atoms with Crippen LogP contribution in [0.4, 0.5) is 4.79 Å². The number of halogens is 1. The molecule has 1 aliphatic heterocycles. The van der Waals surface area contributed by atoms with Gasteiger partial charge >= 0.3 is 6.03 Å². The zero-order valence-corrected chi connectivity index (χ0v) is 15.2. The highest BCUT2D eigenvalue weighted by atomic mass is 79.9. The Morgan fingerprint density at radius 3 is 2.57 bits per heavy atom. The molecule has 0 saturated carbocycles. The van der Waals surface area contributed by atoms with Gasteiger partial charge in [0.05, 0.1) is 0 Å². The van der Waals surface area contributed by atoms with Gasteiger partial charge in [-0.25, -0.2) is 4.79 Å². The summed E-state index contributed by atoms with van der Waals surface area (Å²) >= 11 is 3.36. The zero-order valence-electron chi connectivity index (χ0n) is 13.6. The first-order chi connectivity index (χ1) is 10.5. The molecule has 1 fully saturated rings. The van der Waals surface area contributed by atoms with E-state index in [1.54, 1.807) is 25.1 Å². The normalized spacial score (nSPS) is 21.3. The molecule has 124 valence electrons. The Morgan fingerprint density at radius 1 is 1.35 bits per heavy atom. The summed E-state index contributed by atoms with van der Waals surface area (Å²) in [5.74, 6) is -0.816. The topological polar surface area (TPSA) is 78.5 Å². The monoisotopic (exact) mass is 381 g/mol. The number of rotatable bonds is 3. The van der Waals surface area contributed by atoms with E-state index in [9.17, 15) is 14.4 Å². The quantitative estimate of drug-likeness (QED) is 0.787. The summed E-state index contributed by atoms with van der Waals surface area (Å²) in [5.41, 5.74) is -0.948. The molecule has 0 radical (unpaired) electrons. The van der Waals surface area contributed by atoms with E-state index in [4.69, 9.17) is 0 Å². The van der Waals surface area contributed by atoms with Gasteiger partial charge in [0.15, 0.2) is 0 Å². The van der Waals surface area contributed by atoms with Gasteiger partial charge in [0.1, 0.15) is 12.1 Å². The Morgan fingerprint density at radius 2 is 2.00 bits per heavy atom. The van der Waals surface area contributed by atoms with Gasteiger partial charge in [-0.15, -0.1) is 0 Å². The van der Waals surface area contributed by atoms with E-state index in [0.717, 1.165) is 9.37 Å². The van der Waals surface area contributed by atoms with Gasteiger partial charge in [0.25, 0.3) is 5.91 Å². The summed E-state index contributed by atoms with van der Waals surface area (Å²) in [4.78, 5) is 37.8.